The van der Waals surface area contributed by atoms with Crippen LogP contribution in [-0.2, 0) is 4.74 Å². The molecule has 1 unspecified atom stereocenters. The number of rotatable bonds is 5. The van der Waals surface area contributed by atoms with Crippen molar-refractivity contribution in [3.8, 4) is 0 Å². The van der Waals surface area contributed by atoms with Crippen LogP contribution < -0.4 is 5.73 Å². The van der Waals surface area contributed by atoms with E-state index in [0.29, 0.717) is 0 Å². The fraction of sp³-hybridized carbons (Fsp3) is 1.00. The Labute approximate surface area is 119 Å². The normalized spacial score (nSPS) is 35.2. The van der Waals surface area contributed by atoms with Gasteiger partial charge in [0.25, 0.3) is 0 Å². The van der Waals surface area contributed by atoms with E-state index in [2.05, 4.69) is 13.8 Å². The summed E-state index contributed by atoms with van der Waals surface area (Å²) in [6, 6.07) is 0.253. The molecule has 2 heteroatoms. The lowest BCUT2D eigenvalue weighted by Gasteiger charge is -2.44. The van der Waals surface area contributed by atoms with Crippen molar-refractivity contribution in [3.05, 3.63) is 0 Å². The van der Waals surface area contributed by atoms with Crippen LogP contribution in [0.5, 0.6) is 0 Å². The van der Waals surface area contributed by atoms with E-state index in [0.717, 1.165) is 18.4 Å². The molecule has 0 aromatic rings. The molecule has 2 saturated carbocycles. The third-order valence-corrected chi connectivity index (χ3v) is 5.54. The van der Waals surface area contributed by atoms with Crippen LogP contribution in [0.1, 0.15) is 78.1 Å². The molecule has 0 spiro atoms. The summed E-state index contributed by atoms with van der Waals surface area (Å²) < 4.78 is 6.20. The topological polar surface area (TPSA) is 35.2 Å². The number of nitrogens with two attached hydrogens (primary N) is 1. The summed E-state index contributed by atoms with van der Waals surface area (Å²) in [6.07, 6.45) is 13.2. The zero-order chi connectivity index (χ0) is 13.7. The lowest BCUT2D eigenvalue weighted by atomic mass is 9.72. The van der Waals surface area contributed by atoms with Crippen LogP contribution >= 0.6 is 0 Å². The number of hydrogen-bond donors (Lipinski definition) is 1. The minimum atomic E-state index is -0.00128. The third-order valence-electron chi connectivity index (χ3n) is 5.54. The maximum Gasteiger partial charge on any atom is 0.0832 e. The Morgan fingerprint density at radius 3 is 2.32 bits per heavy atom. The Morgan fingerprint density at radius 1 is 1.11 bits per heavy atom. The standard InChI is InChI=1S/C17H33NO/c1-3-19-17(11-9-14(2)10-12-17)16(18)13-15-7-5-4-6-8-15/h14-16H,3-13,18H2,1-2H3. The first-order chi connectivity index (χ1) is 9.16. The van der Waals surface area contributed by atoms with Gasteiger partial charge in [-0.15, -0.1) is 0 Å². The minimum absolute atomic E-state index is 0.00128. The van der Waals surface area contributed by atoms with Gasteiger partial charge < -0.3 is 10.5 Å². The molecule has 0 bridgehead atoms. The van der Waals surface area contributed by atoms with Gasteiger partial charge in [0, 0.05) is 12.6 Å². The van der Waals surface area contributed by atoms with Crippen LogP contribution in [0.3, 0.4) is 0 Å². The van der Waals surface area contributed by atoms with E-state index in [1.54, 1.807) is 0 Å². The zero-order valence-electron chi connectivity index (χ0n) is 13.0. The maximum atomic E-state index is 6.62. The van der Waals surface area contributed by atoms with Gasteiger partial charge in [-0.1, -0.05) is 39.0 Å². The molecule has 0 aromatic carbocycles. The Balaban J connectivity index is 1.93. The smallest absolute Gasteiger partial charge is 0.0832 e. The molecule has 2 N–H and O–H groups in total. The van der Waals surface area contributed by atoms with E-state index >= 15 is 0 Å². The Hall–Kier alpha value is -0.0800. The molecule has 0 radical (unpaired) electrons. The van der Waals surface area contributed by atoms with Crippen molar-refractivity contribution in [2.45, 2.75) is 89.7 Å². The summed E-state index contributed by atoms with van der Waals surface area (Å²) in [5.41, 5.74) is 6.62. The van der Waals surface area contributed by atoms with Crippen LogP contribution in [0, 0.1) is 11.8 Å². The van der Waals surface area contributed by atoms with Gasteiger partial charge in [-0.3, -0.25) is 0 Å². The monoisotopic (exact) mass is 267 g/mol. The average molecular weight is 267 g/mol. The van der Waals surface area contributed by atoms with Gasteiger partial charge in [0.15, 0.2) is 0 Å². The minimum Gasteiger partial charge on any atom is -0.374 e. The molecule has 0 amide bonds. The van der Waals surface area contributed by atoms with Gasteiger partial charge >= 0.3 is 0 Å². The van der Waals surface area contributed by atoms with E-state index in [1.165, 1.54) is 64.2 Å². The van der Waals surface area contributed by atoms with Crippen LogP contribution in [-0.4, -0.2) is 18.2 Å². The fourth-order valence-electron chi connectivity index (χ4n) is 4.16. The lowest BCUT2D eigenvalue weighted by molar-refractivity contribution is -0.0929. The van der Waals surface area contributed by atoms with Crippen molar-refractivity contribution in [2.75, 3.05) is 6.61 Å². The molecule has 19 heavy (non-hydrogen) atoms. The molecule has 0 aliphatic heterocycles. The number of hydrogen-bond acceptors (Lipinski definition) is 2. The second-order valence-electron chi connectivity index (χ2n) is 7.03. The quantitative estimate of drug-likeness (QED) is 0.807. The summed E-state index contributed by atoms with van der Waals surface area (Å²) in [5.74, 6) is 1.72. The molecule has 2 aliphatic carbocycles. The second kappa shape index (κ2) is 7.08. The molecule has 1 atom stereocenters. The summed E-state index contributed by atoms with van der Waals surface area (Å²) in [4.78, 5) is 0. The highest BCUT2D eigenvalue weighted by atomic mass is 16.5. The Morgan fingerprint density at radius 2 is 1.74 bits per heavy atom. The Kier molecular flexibility index (Phi) is 5.70. The van der Waals surface area contributed by atoms with Crippen LogP contribution in [0.2, 0.25) is 0 Å². The van der Waals surface area contributed by atoms with Crippen molar-refractivity contribution in [3.63, 3.8) is 0 Å². The molecular formula is C17H33NO. The van der Waals surface area contributed by atoms with E-state index < -0.39 is 0 Å². The van der Waals surface area contributed by atoms with E-state index in [9.17, 15) is 0 Å². The van der Waals surface area contributed by atoms with Crippen LogP contribution in [0.15, 0.2) is 0 Å². The van der Waals surface area contributed by atoms with Gasteiger partial charge in [-0.25, -0.2) is 0 Å². The lowest BCUT2D eigenvalue weighted by Crippen LogP contribution is -2.53. The largest absolute Gasteiger partial charge is 0.374 e. The van der Waals surface area contributed by atoms with Gasteiger partial charge in [0.1, 0.15) is 0 Å². The second-order valence-corrected chi connectivity index (χ2v) is 7.03. The molecule has 2 rings (SSSR count). The van der Waals surface area contributed by atoms with E-state index in [4.69, 9.17) is 10.5 Å². The van der Waals surface area contributed by atoms with Gasteiger partial charge in [-0.2, -0.15) is 0 Å². The molecule has 2 nitrogen and oxygen atoms in total. The first kappa shape index (κ1) is 15.3. The van der Waals surface area contributed by atoms with Crippen LogP contribution in [0.25, 0.3) is 0 Å². The summed E-state index contributed by atoms with van der Waals surface area (Å²) in [7, 11) is 0. The van der Waals surface area contributed by atoms with Gasteiger partial charge in [0.2, 0.25) is 0 Å². The van der Waals surface area contributed by atoms with Gasteiger partial charge in [-0.05, 0) is 50.9 Å². The fourth-order valence-corrected chi connectivity index (χ4v) is 4.16. The summed E-state index contributed by atoms with van der Waals surface area (Å²) >= 11 is 0. The molecule has 0 aromatic heterocycles. The van der Waals surface area contributed by atoms with Gasteiger partial charge in [0.05, 0.1) is 5.60 Å². The molecule has 0 heterocycles. The first-order valence-corrected chi connectivity index (χ1v) is 8.56. The maximum absolute atomic E-state index is 6.62. The first-order valence-electron chi connectivity index (χ1n) is 8.56. The van der Waals surface area contributed by atoms with Crippen molar-refractivity contribution < 1.29 is 4.74 Å². The highest BCUT2D eigenvalue weighted by molar-refractivity contribution is 4.96. The Bertz CT molecular complexity index is 252. The predicted octanol–water partition coefficient (Wildman–Crippen LogP) is 4.27. The SMILES string of the molecule is CCOC1(C(N)CC2CCCCC2)CCC(C)CC1. The predicted molar refractivity (Wildman–Crippen MR) is 81.2 cm³/mol. The van der Waals surface area contributed by atoms with Crippen LogP contribution in [0.4, 0.5) is 0 Å². The third kappa shape index (κ3) is 3.95. The van der Waals surface area contributed by atoms with Crippen molar-refractivity contribution in [2.24, 2.45) is 17.6 Å². The van der Waals surface area contributed by atoms with Crippen molar-refractivity contribution >= 4 is 0 Å². The molecule has 2 aliphatic rings. The average Bonchev–Trinajstić information content (AvgIpc) is 2.43. The zero-order valence-corrected chi connectivity index (χ0v) is 13.0. The number of ether oxygens (including phenoxy) is 1. The summed E-state index contributed by atoms with van der Waals surface area (Å²) in [6.45, 7) is 5.29. The highest BCUT2D eigenvalue weighted by Gasteiger charge is 2.41. The molecule has 112 valence electrons. The highest BCUT2D eigenvalue weighted by Crippen LogP contribution is 2.39. The molecular weight excluding hydrogens is 234 g/mol. The van der Waals surface area contributed by atoms with E-state index in [1.807, 2.05) is 0 Å². The van der Waals surface area contributed by atoms with Crippen molar-refractivity contribution in [1.29, 1.82) is 0 Å². The summed E-state index contributed by atoms with van der Waals surface area (Å²) in [5, 5.41) is 0. The molecule has 2 fully saturated rings. The van der Waals surface area contributed by atoms with E-state index in [-0.39, 0.29) is 11.6 Å². The molecule has 0 saturated heterocycles. The van der Waals surface area contributed by atoms with Crippen molar-refractivity contribution in [1.82, 2.24) is 0 Å².